The summed E-state index contributed by atoms with van der Waals surface area (Å²) in [6, 6.07) is 3.36. The topological polar surface area (TPSA) is 90.7 Å². The van der Waals surface area contributed by atoms with Crippen molar-refractivity contribution >= 4 is 22.4 Å². The van der Waals surface area contributed by atoms with Gasteiger partial charge in [0.05, 0.1) is 6.61 Å². The van der Waals surface area contributed by atoms with Gasteiger partial charge in [-0.1, -0.05) is 13.8 Å². The van der Waals surface area contributed by atoms with Crippen molar-refractivity contribution in [1.29, 1.82) is 0 Å². The van der Waals surface area contributed by atoms with Gasteiger partial charge in [-0.3, -0.25) is 0 Å². The van der Waals surface area contributed by atoms with Crippen LogP contribution in [0.3, 0.4) is 0 Å². The molecule has 1 rings (SSSR count). The summed E-state index contributed by atoms with van der Waals surface area (Å²) in [6.45, 7) is 4.30. The Labute approximate surface area is 149 Å². The predicted octanol–water partition coefficient (Wildman–Crippen LogP) is 2.07. The molecule has 140 valence electrons. The zero-order chi connectivity index (χ0) is 17.5. The Morgan fingerprint density at radius 3 is 2.42 bits per heavy atom. The Balaban J connectivity index is 0.00000529. The molecule has 0 aromatic heterocycles. The Hall–Kier alpha value is -0.930. The molecule has 0 radical (unpaired) electrons. The van der Waals surface area contributed by atoms with E-state index in [0.29, 0.717) is 19.4 Å². The fourth-order valence-corrected chi connectivity index (χ4v) is 3.16. The van der Waals surface area contributed by atoms with E-state index >= 15 is 0 Å². The van der Waals surface area contributed by atoms with Crippen LogP contribution in [-0.4, -0.2) is 40.8 Å². The standard InChI is InChI=1S/C15H25FN2O4S.ClH/c1-4-15(17,5-2)11-18-23(19,20)14-10-12(16)6-7-13(14)22-9-8-21-3;/h6-7,10,18H,4-5,8-9,11,17H2,1-3H3;1H. The van der Waals surface area contributed by atoms with E-state index in [1.807, 2.05) is 13.8 Å². The Morgan fingerprint density at radius 1 is 1.25 bits per heavy atom. The monoisotopic (exact) mass is 384 g/mol. The molecule has 0 saturated carbocycles. The predicted molar refractivity (Wildman–Crippen MR) is 93.7 cm³/mol. The molecule has 0 unspecified atom stereocenters. The maximum atomic E-state index is 13.5. The van der Waals surface area contributed by atoms with Crippen LogP contribution in [-0.2, 0) is 14.8 Å². The lowest BCUT2D eigenvalue weighted by atomic mass is 9.95. The zero-order valence-corrected chi connectivity index (χ0v) is 15.8. The van der Waals surface area contributed by atoms with Gasteiger partial charge in [0.2, 0.25) is 10.0 Å². The van der Waals surface area contributed by atoms with E-state index in [4.69, 9.17) is 15.2 Å². The van der Waals surface area contributed by atoms with E-state index in [9.17, 15) is 12.8 Å². The molecule has 0 bridgehead atoms. The minimum atomic E-state index is -3.94. The van der Waals surface area contributed by atoms with Crippen molar-refractivity contribution in [2.45, 2.75) is 37.1 Å². The van der Waals surface area contributed by atoms with Crippen molar-refractivity contribution in [3.63, 3.8) is 0 Å². The molecule has 0 aliphatic rings. The largest absolute Gasteiger partial charge is 0.490 e. The van der Waals surface area contributed by atoms with Gasteiger partial charge in [-0.15, -0.1) is 12.4 Å². The van der Waals surface area contributed by atoms with E-state index in [1.165, 1.54) is 13.2 Å². The van der Waals surface area contributed by atoms with Crippen molar-refractivity contribution in [3.05, 3.63) is 24.0 Å². The van der Waals surface area contributed by atoms with Crippen LogP contribution in [0.25, 0.3) is 0 Å². The normalized spacial score (nSPS) is 11.9. The summed E-state index contributed by atoms with van der Waals surface area (Å²) in [7, 11) is -2.44. The lowest BCUT2D eigenvalue weighted by molar-refractivity contribution is 0.144. The number of halogens is 2. The molecule has 0 spiro atoms. The van der Waals surface area contributed by atoms with Gasteiger partial charge in [0, 0.05) is 19.2 Å². The summed E-state index contributed by atoms with van der Waals surface area (Å²) < 4.78 is 51.1. The van der Waals surface area contributed by atoms with E-state index < -0.39 is 21.4 Å². The van der Waals surface area contributed by atoms with E-state index in [-0.39, 0.29) is 36.2 Å². The number of nitrogens with two attached hydrogens (primary N) is 1. The number of rotatable bonds is 10. The quantitative estimate of drug-likeness (QED) is 0.602. The molecule has 0 heterocycles. The number of hydrogen-bond acceptors (Lipinski definition) is 5. The number of nitrogens with one attached hydrogen (secondary N) is 1. The van der Waals surface area contributed by atoms with Gasteiger partial charge in [-0.2, -0.15) is 0 Å². The average Bonchev–Trinajstić information content (AvgIpc) is 2.54. The highest BCUT2D eigenvalue weighted by molar-refractivity contribution is 7.89. The van der Waals surface area contributed by atoms with Crippen LogP contribution in [0, 0.1) is 5.82 Å². The zero-order valence-electron chi connectivity index (χ0n) is 14.2. The molecule has 24 heavy (non-hydrogen) atoms. The summed E-state index contributed by atoms with van der Waals surface area (Å²) in [5, 5.41) is 0. The van der Waals surface area contributed by atoms with Gasteiger partial charge in [-0.25, -0.2) is 17.5 Å². The molecule has 3 N–H and O–H groups in total. The molecule has 1 aromatic carbocycles. The second-order valence-electron chi connectivity index (χ2n) is 5.33. The fraction of sp³-hybridized carbons (Fsp3) is 0.600. The minimum absolute atomic E-state index is 0. The molecule has 0 atom stereocenters. The second kappa shape index (κ2) is 10.1. The maximum Gasteiger partial charge on any atom is 0.244 e. The number of hydrogen-bond donors (Lipinski definition) is 2. The first-order valence-corrected chi connectivity index (χ1v) is 8.96. The highest BCUT2D eigenvalue weighted by Gasteiger charge is 2.26. The molecule has 6 nitrogen and oxygen atoms in total. The summed E-state index contributed by atoms with van der Waals surface area (Å²) in [5.41, 5.74) is 5.46. The van der Waals surface area contributed by atoms with Crippen LogP contribution in [0.2, 0.25) is 0 Å². The summed E-state index contributed by atoms with van der Waals surface area (Å²) >= 11 is 0. The fourth-order valence-electron chi connectivity index (χ4n) is 1.86. The molecule has 9 heteroatoms. The van der Waals surface area contributed by atoms with Gasteiger partial charge in [0.1, 0.15) is 23.1 Å². The summed E-state index contributed by atoms with van der Waals surface area (Å²) in [6.07, 6.45) is 1.23. The summed E-state index contributed by atoms with van der Waals surface area (Å²) in [4.78, 5) is -0.247. The lowest BCUT2D eigenvalue weighted by Crippen LogP contribution is -2.49. The average molecular weight is 385 g/mol. The van der Waals surface area contributed by atoms with Crippen molar-refractivity contribution < 1.29 is 22.3 Å². The molecule has 0 saturated heterocycles. The molecule has 0 amide bonds. The van der Waals surface area contributed by atoms with Crippen LogP contribution >= 0.6 is 12.4 Å². The van der Waals surface area contributed by atoms with Gasteiger partial charge < -0.3 is 15.2 Å². The highest BCUT2D eigenvalue weighted by atomic mass is 35.5. The van der Waals surface area contributed by atoms with Crippen LogP contribution in [0.15, 0.2) is 23.1 Å². The molecule has 1 aromatic rings. The first-order valence-electron chi connectivity index (χ1n) is 7.48. The van der Waals surface area contributed by atoms with E-state index in [0.717, 1.165) is 12.1 Å². The maximum absolute atomic E-state index is 13.5. The molecule has 0 aliphatic carbocycles. The van der Waals surface area contributed by atoms with Crippen LogP contribution in [0.5, 0.6) is 5.75 Å². The number of benzene rings is 1. The van der Waals surface area contributed by atoms with Crippen molar-refractivity contribution in [1.82, 2.24) is 4.72 Å². The SMILES string of the molecule is CCC(N)(CC)CNS(=O)(=O)c1cc(F)ccc1OCCOC.Cl. The molecular weight excluding hydrogens is 359 g/mol. The lowest BCUT2D eigenvalue weighted by Gasteiger charge is -2.26. The Morgan fingerprint density at radius 2 is 1.88 bits per heavy atom. The van der Waals surface area contributed by atoms with Crippen molar-refractivity contribution in [3.8, 4) is 5.75 Å². The molecule has 0 fully saturated rings. The van der Waals surface area contributed by atoms with Crippen LogP contribution in [0.4, 0.5) is 4.39 Å². The third kappa shape index (κ3) is 6.52. The van der Waals surface area contributed by atoms with Gasteiger partial charge in [-0.05, 0) is 31.0 Å². The van der Waals surface area contributed by atoms with Crippen molar-refractivity contribution in [2.24, 2.45) is 5.73 Å². The van der Waals surface area contributed by atoms with Gasteiger partial charge >= 0.3 is 0 Å². The molecule has 0 aliphatic heterocycles. The number of ether oxygens (including phenoxy) is 2. The minimum Gasteiger partial charge on any atom is -0.490 e. The Kier molecular flexibility index (Phi) is 9.76. The number of methoxy groups -OCH3 is 1. The van der Waals surface area contributed by atoms with Gasteiger partial charge in [0.15, 0.2) is 0 Å². The van der Waals surface area contributed by atoms with Gasteiger partial charge in [0.25, 0.3) is 0 Å². The first kappa shape index (κ1) is 23.1. The van der Waals surface area contributed by atoms with E-state index in [2.05, 4.69) is 4.72 Å². The van der Waals surface area contributed by atoms with Crippen LogP contribution in [0.1, 0.15) is 26.7 Å². The smallest absolute Gasteiger partial charge is 0.244 e. The second-order valence-corrected chi connectivity index (χ2v) is 7.06. The van der Waals surface area contributed by atoms with Crippen molar-refractivity contribution in [2.75, 3.05) is 26.9 Å². The van der Waals surface area contributed by atoms with E-state index in [1.54, 1.807) is 0 Å². The summed E-state index contributed by atoms with van der Waals surface area (Å²) in [5.74, 6) is -0.582. The third-order valence-corrected chi connectivity index (χ3v) is 5.19. The Bertz CT molecular complexity index is 609. The third-order valence-electron chi connectivity index (χ3n) is 3.76. The molecular formula is C15H26ClFN2O4S. The first-order chi connectivity index (χ1) is 10.8. The number of sulfonamides is 1. The van der Waals surface area contributed by atoms with Crippen LogP contribution < -0.4 is 15.2 Å². The highest BCUT2D eigenvalue weighted by Crippen LogP contribution is 2.25.